The summed E-state index contributed by atoms with van der Waals surface area (Å²) in [5.41, 5.74) is 0.693. The minimum absolute atomic E-state index is 0.0485. The third kappa shape index (κ3) is 4.40. The maximum absolute atomic E-state index is 12.8. The van der Waals surface area contributed by atoms with E-state index in [1.807, 2.05) is 0 Å². The molecule has 1 N–H and O–H groups in total. The van der Waals surface area contributed by atoms with Crippen molar-refractivity contribution in [2.24, 2.45) is 0 Å². The Kier molecular flexibility index (Phi) is 5.65. The van der Waals surface area contributed by atoms with E-state index in [0.717, 1.165) is 4.85 Å². The third-order valence-electron chi connectivity index (χ3n) is 4.91. The number of benzene rings is 1. The lowest BCUT2D eigenvalue weighted by Crippen LogP contribution is -2.40. The number of nitrogens with zero attached hydrogens (tertiary/aromatic N) is 4. The van der Waals surface area contributed by atoms with Crippen LogP contribution >= 0.6 is 0 Å². The highest BCUT2D eigenvalue weighted by atomic mass is 32.2. The normalized spacial score (nSPS) is 22.2. The highest BCUT2D eigenvalue weighted by Gasteiger charge is 2.29. The topological polar surface area (TPSA) is 150 Å². The highest BCUT2D eigenvalue weighted by Crippen LogP contribution is 2.21. The first kappa shape index (κ1) is 21.0. The van der Waals surface area contributed by atoms with Crippen molar-refractivity contribution in [2.75, 3.05) is 44.4 Å². The first-order valence-corrected chi connectivity index (χ1v) is 12.6. The van der Waals surface area contributed by atoms with Crippen LogP contribution in [0.4, 0.5) is 0 Å². The quantitative estimate of drug-likeness (QED) is 0.527. The summed E-state index contributed by atoms with van der Waals surface area (Å²) in [6.45, 7) is 0.787. The zero-order chi connectivity index (χ0) is 21.4. The lowest BCUT2D eigenvalue weighted by atomic mass is 10.2. The average Bonchev–Trinajstić information content (AvgIpc) is 3.28. The van der Waals surface area contributed by atoms with E-state index >= 15 is 0 Å². The molecule has 4 rings (SSSR count). The minimum Gasteiger partial charge on any atom is -0.385 e. The fourth-order valence-corrected chi connectivity index (χ4v) is 6.47. The monoisotopic (exact) mass is 459 g/mol. The number of rotatable bonds is 6. The number of nitrogens with one attached hydrogen (secondary N) is 1. The molecule has 0 spiro atoms. The molecule has 0 aliphatic carbocycles. The van der Waals surface area contributed by atoms with E-state index in [1.165, 1.54) is 22.5 Å². The van der Waals surface area contributed by atoms with Gasteiger partial charge in [-0.25, -0.2) is 16.8 Å². The number of carbonyl (C=O) groups is 1. The van der Waals surface area contributed by atoms with Gasteiger partial charge in [-0.05, 0) is 29.8 Å². The summed E-state index contributed by atoms with van der Waals surface area (Å²) in [6.07, 6.45) is 0.364. The second-order valence-electron chi connectivity index (χ2n) is 7.07. The molecule has 2 fully saturated rings. The van der Waals surface area contributed by atoms with Crippen LogP contribution in [0, 0.1) is 0 Å². The Bertz CT molecular complexity index is 1160. The van der Waals surface area contributed by atoms with Gasteiger partial charge in [0.1, 0.15) is 11.0 Å². The molecule has 14 heteroatoms. The molecule has 1 aromatic carbocycles. The van der Waals surface area contributed by atoms with Gasteiger partial charge in [0.05, 0.1) is 29.6 Å². The van der Waals surface area contributed by atoms with Gasteiger partial charge in [-0.2, -0.15) is 4.31 Å². The predicted molar refractivity (Wildman–Crippen MR) is 104 cm³/mol. The van der Waals surface area contributed by atoms with Crippen LogP contribution in [-0.4, -0.2) is 92.7 Å². The van der Waals surface area contributed by atoms with E-state index in [4.69, 9.17) is 9.57 Å². The van der Waals surface area contributed by atoms with E-state index in [2.05, 4.69) is 15.6 Å². The number of carbonyl (C=O) groups excluding carboxylic acids is 1. The minimum atomic E-state index is -3.71. The Hall–Kier alpha value is -2.29. The number of ether oxygens (including phenoxy) is 1. The van der Waals surface area contributed by atoms with E-state index in [0.29, 0.717) is 30.7 Å². The van der Waals surface area contributed by atoms with Gasteiger partial charge in [-0.3, -0.25) is 4.79 Å². The molecule has 3 heterocycles. The molecule has 1 atom stereocenters. The van der Waals surface area contributed by atoms with Crippen LogP contribution in [0.25, 0.3) is 11.0 Å². The van der Waals surface area contributed by atoms with E-state index < -0.39 is 38.4 Å². The fourth-order valence-electron chi connectivity index (χ4n) is 3.37. The smallest absolute Gasteiger partial charge is 0.261 e. The lowest BCUT2D eigenvalue weighted by Gasteiger charge is -2.26. The molecule has 1 unspecified atom stereocenters. The number of morpholine rings is 1. The van der Waals surface area contributed by atoms with E-state index in [1.54, 1.807) is 0 Å². The van der Waals surface area contributed by atoms with Gasteiger partial charge in [0, 0.05) is 19.1 Å². The maximum atomic E-state index is 12.8. The molecule has 0 radical (unpaired) electrons. The Morgan fingerprint density at radius 2 is 2.07 bits per heavy atom. The van der Waals surface area contributed by atoms with Gasteiger partial charge in [0.15, 0.2) is 16.4 Å². The average molecular weight is 460 g/mol. The number of hydrogen-bond acceptors (Lipinski definition) is 9. The van der Waals surface area contributed by atoms with Crippen molar-refractivity contribution in [2.45, 2.75) is 17.4 Å². The van der Waals surface area contributed by atoms with Crippen molar-refractivity contribution in [1.82, 2.24) is 24.8 Å². The molecule has 1 amide bonds. The summed E-state index contributed by atoms with van der Waals surface area (Å²) in [5.74, 6) is -0.543. The van der Waals surface area contributed by atoms with Crippen molar-refractivity contribution in [3.8, 4) is 0 Å². The van der Waals surface area contributed by atoms with Gasteiger partial charge in [-0.15, -0.1) is 5.10 Å². The third-order valence-corrected chi connectivity index (χ3v) is 8.57. The van der Waals surface area contributed by atoms with Gasteiger partial charge >= 0.3 is 0 Å². The van der Waals surface area contributed by atoms with Gasteiger partial charge < -0.3 is 14.9 Å². The van der Waals surface area contributed by atoms with E-state index in [9.17, 15) is 21.6 Å². The first-order valence-electron chi connectivity index (χ1n) is 9.31. The Balaban J connectivity index is 1.46. The number of sulfonamides is 1. The summed E-state index contributed by atoms with van der Waals surface area (Å²) in [5, 5.41) is 10.3. The molecular formula is C16H21N5O7S2. The summed E-state index contributed by atoms with van der Waals surface area (Å²) in [4.78, 5) is 18.5. The predicted octanol–water partition coefficient (Wildman–Crippen LogP) is -1.82. The van der Waals surface area contributed by atoms with Crippen LogP contribution in [0.5, 0.6) is 0 Å². The molecule has 2 saturated heterocycles. The number of amides is 1. The molecule has 0 saturated carbocycles. The van der Waals surface area contributed by atoms with Crippen molar-refractivity contribution >= 4 is 36.8 Å². The molecule has 12 nitrogen and oxygen atoms in total. The largest absolute Gasteiger partial charge is 0.385 e. The molecule has 2 aliphatic heterocycles. The highest BCUT2D eigenvalue weighted by molar-refractivity contribution is 7.91. The number of fused-ring (bicyclic) bond motifs is 1. The maximum Gasteiger partial charge on any atom is 0.261 e. The fraction of sp³-hybridized carbons (Fsp3) is 0.562. The molecule has 30 heavy (non-hydrogen) atoms. The lowest BCUT2D eigenvalue weighted by molar-refractivity contribution is -0.126. The van der Waals surface area contributed by atoms with Crippen LogP contribution in [-0.2, 0) is 29.4 Å². The zero-order valence-electron chi connectivity index (χ0n) is 15.9. The van der Waals surface area contributed by atoms with Gasteiger partial charge in [0.2, 0.25) is 10.0 Å². The second-order valence-corrected chi connectivity index (χ2v) is 11.2. The molecule has 164 valence electrons. The summed E-state index contributed by atoms with van der Waals surface area (Å²) < 4.78 is 55.2. The van der Waals surface area contributed by atoms with Gasteiger partial charge in [0.25, 0.3) is 5.91 Å². The number of aromatic nitrogens is 3. The van der Waals surface area contributed by atoms with Gasteiger partial charge in [-0.1, -0.05) is 4.85 Å². The van der Waals surface area contributed by atoms with Crippen LogP contribution in [0.2, 0.25) is 0 Å². The standard InChI is InChI=1S/C16H21N5O7S2/c22-16(17-12-3-8-29(23,24)11-12)10-28-21-15-9-13(1-2-14(15)18-19-21)30(25,26)20-4-6-27-7-5-20/h1-2,9,12H,3-8,10-11H2,(H,17,22). The van der Waals surface area contributed by atoms with Crippen molar-refractivity contribution in [3.05, 3.63) is 18.2 Å². The Morgan fingerprint density at radius 3 is 2.77 bits per heavy atom. The van der Waals surface area contributed by atoms with Crippen molar-refractivity contribution in [1.29, 1.82) is 0 Å². The molecule has 1 aromatic heterocycles. The second kappa shape index (κ2) is 8.09. The molecular weight excluding hydrogens is 438 g/mol. The van der Waals surface area contributed by atoms with Crippen molar-refractivity contribution in [3.63, 3.8) is 0 Å². The van der Waals surface area contributed by atoms with Crippen LogP contribution in [0.1, 0.15) is 6.42 Å². The summed E-state index contributed by atoms with van der Waals surface area (Å²) in [6, 6.07) is 3.91. The SMILES string of the molecule is O=C(COn1nnc2ccc(S(=O)(=O)N3CCOCC3)cc21)NC1CCS(=O)(=O)C1. The summed E-state index contributed by atoms with van der Waals surface area (Å²) in [7, 11) is -6.82. The van der Waals surface area contributed by atoms with E-state index in [-0.39, 0.29) is 29.5 Å². The van der Waals surface area contributed by atoms with Crippen molar-refractivity contribution < 1.29 is 31.2 Å². The summed E-state index contributed by atoms with van der Waals surface area (Å²) >= 11 is 0. The number of hydrogen-bond donors (Lipinski definition) is 1. The van der Waals surface area contributed by atoms with Crippen LogP contribution < -0.4 is 10.2 Å². The zero-order valence-corrected chi connectivity index (χ0v) is 17.6. The Morgan fingerprint density at radius 1 is 1.30 bits per heavy atom. The molecule has 2 aromatic rings. The molecule has 2 aliphatic rings. The molecule has 0 bridgehead atoms. The number of sulfone groups is 1. The Labute approximate surface area is 173 Å². The van der Waals surface area contributed by atoms with Crippen LogP contribution in [0.15, 0.2) is 23.1 Å². The van der Waals surface area contributed by atoms with Crippen LogP contribution in [0.3, 0.4) is 0 Å². The first-order chi connectivity index (χ1) is 14.2.